The van der Waals surface area contributed by atoms with E-state index in [1.165, 1.54) is 5.56 Å². The second-order valence-electron chi connectivity index (χ2n) is 4.72. The van der Waals surface area contributed by atoms with Gasteiger partial charge < -0.3 is 14.6 Å². The van der Waals surface area contributed by atoms with E-state index in [1.54, 1.807) is 6.92 Å². The third-order valence-electron chi connectivity index (χ3n) is 2.99. The Morgan fingerprint density at radius 1 is 1.56 bits per heavy atom. The Morgan fingerprint density at radius 2 is 2.39 bits per heavy atom. The van der Waals surface area contributed by atoms with Gasteiger partial charge in [-0.25, -0.2) is 0 Å². The maximum absolute atomic E-state index is 9.05. The summed E-state index contributed by atoms with van der Waals surface area (Å²) < 4.78 is 11.4. The van der Waals surface area contributed by atoms with Gasteiger partial charge in [-0.15, -0.1) is 0 Å². The molecule has 18 heavy (non-hydrogen) atoms. The fraction of sp³-hybridized carbons (Fsp3) is 0.571. The first-order chi connectivity index (χ1) is 8.65. The van der Waals surface area contributed by atoms with Gasteiger partial charge in [0.2, 0.25) is 0 Å². The number of aryl methyl sites for hydroxylation is 1. The molecule has 100 valence electrons. The number of hydrogen-bond acceptors (Lipinski definition) is 4. The number of nitrogens with one attached hydrogen (secondary N) is 1. The SMILES string of the molecule is CC(O)NCCOc1ccc2c(c1)CCC(C)O2. The lowest BCUT2D eigenvalue weighted by atomic mass is 10.0. The second kappa shape index (κ2) is 6.07. The average molecular weight is 251 g/mol. The van der Waals surface area contributed by atoms with Gasteiger partial charge in [-0.1, -0.05) is 0 Å². The Bertz CT molecular complexity index is 393. The fourth-order valence-electron chi connectivity index (χ4n) is 2.03. The molecule has 0 saturated heterocycles. The molecule has 0 bridgehead atoms. The van der Waals surface area contributed by atoms with E-state index in [2.05, 4.69) is 12.2 Å². The third kappa shape index (κ3) is 3.62. The zero-order chi connectivity index (χ0) is 13.0. The Hall–Kier alpha value is -1.26. The number of hydrogen-bond donors (Lipinski definition) is 2. The Morgan fingerprint density at radius 3 is 3.17 bits per heavy atom. The smallest absolute Gasteiger partial charge is 0.123 e. The molecule has 0 fully saturated rings. The lowest BCUT2D eigenvalue weighted by Gasteiger charge is -2.23. The predicted octanol–water partition coefficient (Wildman–Crippen LogP) is 1.71. The van der Waals surface area contributed by atoms with Crippen LogP contribution in [0.3, 0.4) is 0 Å². The maximum Gasteiger partial charge on any atom is 0.123 e. The van der Waals surface area contributed by atoms with Crippen LogP contribution in [-0.2, 0) is 6.42 Å². The molecule has 2 N–H and O–H groups in total. The monoisotopic (exact) mass is 251 g/mol. The largest absolute Gasteiger partial charge is 0.492 e. The maximum atomic E-state index is 9.05. The molecule has 2 rings (SSSR count). The van der Waals surface area contributed by atoms with Crippen LogP contribution in [-0.4, -0.2) is 30.6 Å². The minimum atomic E-state index is -0.493. The fourth-order valence-corrected chi connectivity index (χ4v) is 2.03. The lowest BCUT2D eigenvalue weighted by Crippen LogP contribution is -2.29. The average Bonchev–Trinajstić information content (AvgIpc) is 2.34. The number of aliphatic hydroxyl groups excluding tert-OH is 1. The molecule has 4 nitrogen and oxygen atoms in total. The molecule has 1 heterocycles. The van der Waals surface area contributed by atoms with Gasteiger partial charge in [-0.05, 0) is 50.5 Å². The van der Waals surface area contributed by atoms with E-state index in [9.17, 15) is 0 Å². The highest BCUT2D eigenvalue weighted by Gasteiger charge is 2.16. The number of benzene rings is 1. The molecule has 1 aliphatic rings. The Kier molecular flexibility index (Phi) is 4.44. The van der Waals surface area contributed by atoms with Crippen LogP contribution in [0.5, 0.6) is 11.5 Å². The Labute approximate surface area is 108 Å². The van der Waals surface area contributed by atoms with Gasteiger partial charge in [-0.3, -0.25) is 5.32 Å². The molecule has 1 aromatic rings. The zero-order valence-corrected chi connectivity index (χ0v) is 11.0. The van der Waals surface area contributed by atoms with Crippen LogP contribution < -0.4 is 14.8 Å². The van der Waals surface area contributed by atoms with Crippen LogP contribution in [0.2, 0.25) is 0 Å². The molecule has 2 unspecified atom stereocenters. The molecule has 0 amide bonds. The minimum absolute atomic E-state index is 0.305. The normalized spacial score (nSPS) is 19.8. The topological polar surface area (TPSA) is 50.7 Å². The number of aliphatic hydroxyl groups is 1. The molecule has 4 heteroatoms. The molecule has 0 spiro atoms. The van der Waals surface area contributed by atoms with Crippen molar-refractivity contribution in [3.05, 3.63) is 23.8 Å². The van der Waals surface area contributed by atoms with E-state index in [0.29, 0.717) is 19.3 Å². The molecule has 1 aliphatic heterocycles. The van der Waals surface area contributed by atoms with E-state index >= 15 is 0 Å². The molecule has 0 saturated carbocycles. The summed E-state index contributed by atoms with van der Waals surface area (Å²) in [5.41, 5.74) is 1.22. The van der Waals surface area contributed by atoms with Crippen LogP contribution in [0.1, 0.15) is 25.8 Å². The molecule has 0 aliphatic carbocycles. The summed E-state index contributed by atoms with van der Waals surface area (Å²) >= 11 is 0. The standard InChI is InChI=1S/C14H21NO3/c1-10-3-4-12-9-13(5-6-14(12)18-10)17-8-7-15-11(2)16/h5-6,9-11,15-16H,3-4,7-8H2,1-2H3. The molecule has 1 aromatic carbocycles. The van der Waals surface area contributed by atoms with Crippen molar-refractivity contribution in [1.29, 1.82) is 0 Å². The van der Waals surface area contributed by atoms with E-state index in [4.69, 9.17) is 14.6 Å². The predicted molar refractivity (Wildman–Crippen MR) is 70.0 cm³/mol. The van der Waals surface area contributed by atoms with Gasteiger partial charge in [0.25, 0.3) is 0 Å². The number of rotatable bonds is 5. The van der Waals surface area contributed by atoms with Crippen LogP contribution in [0.25, 0.3) is 0 Å². The van der Waals surface area contributed by atoms with Crippen LogP contribution in [0.4, 0.5) is 0 Å². The number of ether oxygens (including phenoxy) is 2. The van der Waals surface area contributed by atoms with Gasteiger partial charge in [0.1, 0.15) is 24.3 Å². The summed E-state index contributed by atoms with van der Waals surface area (Å²) in [6.07, 6.45) is 1.91. The quantitative estimate of drug-likeness (QED) is 0.618. The third-order valence-corrected chi connectivity index (χ3v) is 2.99. The molecular formula is C14H21NO3. The zero-order valence-electron chi connectivity index (χ0n) is 11.0. The summed E-state index contributed by atoms with van der Waals surface area (Å²) in [4.78, 5) is 0. The van der Waals surface area contributed by atoms with Crippen LogP contribution in [0.15, 0.2) is 18.2 Å². The first-order valence-corrected chi connectivity index (χ1v) is 6.49. The summed E-state index contributed by atoms with van der Waals surface area (Å²) in [5, 5.41) is 11.9. The summed E-state index contributed by atoms with van der Waals surface area (Å²) in [5.74, 6) is 1.84. The van der Waals surface area contributed by atoms with Crippen molar-refractivity contribution >= 4 is 0 Å². The van der Waals surface area contributed by atoms with E-state index in [0.717, 1.165) is 24.3 Å². The first kappa shape index (κ1) is 13.2. The molecule has 0 radical (unpaired) electrons. The minimum Gasteiger partial charge on any atom is -0.492 e. The molecule has 2 atom stereocenters. The highest BCUT2D eigenvalue weighted by atomic mass is 16.5. The number of fused-ring (bicyclic) bond motifs is 1. The summed E-state index contributed by atoms with van der Waals surface area (Å²) in [7, 11) is 0. The highest BCUT2D eigenvalue weighted by molar-refractivity contribution is 5.41. The van der Waals surface area contributed by atoms with E-state index in [1.807, 2.05) is 18.2 Å². The second-order valence-corrected chi connectivity index (χ2v) is 4.72. The van der Waals surface area contributed by atoms with Crippen molar-refractivity contribution < 1.29 is 14.6 Å². The van der Waals surface area contributed by atoms with Crippen molar-refractivity contribution in [1.82, 2.24) is 5.32 Å². The molecule has 0 aromatic heterocycles. The van der Waals surface area contributed by atoms with Crippen molar-refractivity contribution in [3.63, 3.8) is 0 Å². The van der Waals surface area contributed by atoms with Crippen molar-refractivity contribution in [2.24, 2.45) is 0 Å². The Balaban J connectivity index is 1.87. The molecular weight excluding hydrogens is 230 g/mol. The first-order valence-electron chi connectivity index (χ1n) is 6.49. The van der Waals surface area contributed by atoms with Crippen molar-refractivity contribution in [2.75, 3.05) is 13.2 Å². The van der Waals surface area contributed by atoms with E-state index < -0.39 is 6.23 Å². The van der Waals surface area contributed by atoms with Gasteiger partial charge >= 0.3 is 0 Å². The van der Waals surface area contributed by atoms with Crippen LogP contribution >= 0.6 is 0 Å². The van der Waals surface area contributed by atoms with Crippen LogP contribution in [0, 0.1) is 0 Å². The lowest BCUT2D eigenvalue weighted by molar-refractivity contribution is 0.148. The highest BCUT2D eigenvalue weighted by Crippen LogP contribution is 2.30. The summed E-state index contributed by atoms with van der Waals surface area (Å²) in [6, 6.07) is 5.95. The van der Waals surface area contributed by atoms with Gasteiger partial charge in [0.15, 0.2) is 0 Å². The van der Waals surface area contributed by atoms with Gasteiger partial charge in [-0.2, -0.15) is 0 Å². The van der Waals surface area contributed by atoms with Crippen molar-refractivity contribution in [3.8, 4) is 11.5 Å². The summed E-state index contributed by atoms with van der Waals surface area (Å²) in [6.45, 7) is 4.95. The van der Waals surface area contributed by atoms with Gasteiger partial charge in [0.05, 0.1) is 6.10 Å². The van der Waals surface area contributed by atoms with Gasteiger partial charge in [0, 0.05) is 6.54 Å². The van der Waals surface area contributed by atoms with Crippen molar-refractivity contribution in [2.45, 2.75) is 39.0 Å². The van der Waals surface area contributed by atoms with E-state index in [-0.39, 0.29) is 0 Å².